The smallest absolute Gasteiger partial charge is 0.376 e. The zero-order valence-electron chi connectivity index (χ0n) is 11.0. The molecule has 1 aromatic rings. The number of carbonyl (C=O) groups excluding carboxylic acids is 1. The summed E-state index contributed by atoms with van der Waals surface area (Å²) < 4.78 is 47.2. The molecule has 1 amide bonds. The Bertz CT molecular complexity index is 473. The van der Waals surface area contributed by atoms with E-state index < -0.39 is 17.9 Å². The maximum atomic E-state index is 12.3. The Labute approximate surface area is 118 Å². The summed E-state index contributed by atoms with van der Waals surface area (Å²) >= 11 is 0. The van der Waals surface area contributed by atoms with E-state index >= 15 is 0 Å². The van der Waals surface area contributed by atoms with Crippen LogP contribution in [0.5, 0.6) is 0 Å². The highest BCUT2D eigenvalue weighted by Gasteiger charge is 2.34. The third-order valence-electron chi connectivity index (χ3n) is 2.75. The highest BCUT2D eigenvalue weighted by molar-refractivity contribution is 5.91. The van der Waals surface area contributed by atoms with Crippen molar-refractivity contribution in [3.05, 3.63) is 18.2 Å². The molecule has 2 heterocycles. The van der Waals surface area contributed by atoms with Crippen molar-refractivity contribution in [2.75, 3.05) is 25.1 Å². The number of anilines is 1. The van der Waals surface area contributed by atoms with Gasteiger partial charge < -0.3 is 14.8 Å². The summed E-state index contributed by atoms with van der Waals surface area (Å²) in [6.07, 6.45) is -0.932. The lowest BCUT2D eigenvalue weighted by atomic mass is 10.2. The summed E-state index contributed by atoms with van der Waals surface area (Å²) in [7, 11) is 0. The predicted octanol–water partition coefficient (Wildman–Crippen LogP) is 1.63. The first kappa shape index (κ1) is 15.6. The first-order valence-electron chi connectivity index (χ1n) is 6.33. The van der Waals surface area contributed by atoms with Crippen molar-refractivity contribution < 1.29 is 27.4 Å². The zero-order chi connectivity index (χ0) is 15.3. The molecule has 9 heteroatoms. The topological polar surface area (TPSA) is 73.3 Å². The van der Waals surface area contributed by atoms with Gasteiger partial charge >= 0.3 is 6.18 Å². The van der Waals surface area contributed by atoms with Crippen LogP contribution in [0.15, 0.2) is 12.4 Å². The summed E-state index contributed by atoms with van der Waals surface area (Å²) in [5.74, 6) is -1.74. The number of nitrogens with zero attached hydrogens (tertiary/aromatic N) is 2. The molecule has 0 radical (unpaired) electrons. The summed E-state index contributed by atoms with van der Waals surface area (Å²) in [5.41, 5.74) is 0.0775. The Kier molecular flexibility index (Phi) is 5.07. The summed E-state index contributed by atoms with van der Waals surface area (Å²) in [6, 6.07) is 0. The van der Waals surface area contributed by atoms with E-state index in [1.165, 1.54) is 0 Å². The van der Waals surface area contributed by atoms with Crippen molar-refractivity contribution in [3.8, 4) is 0 Å². The molecule has 1 N–H and O–H groups in total. The lowest BCUT2D eigenvalue weighted by Gasteiger charge is -2.10. The van der Waals surface area contributed by atoms with Gasteiger partial charge in [0.1, 0.15) is 6.61 Å². The number of hydrogen-bond acceptors (Lipinski definition) is 5. The highest BCUT2D eigenvalue weighted by Crippen LogP contribution is 2.25. The second-order valence-electron chi connectivity index (χ2n) is 4.49. The van der Waals surface area contributed by atoms with E-state index in [1.807, 2.05) is 0 Å². The van der Waals surface area contributed by atoms with Crippen LogP contribution in [0.2, 0.25) is 0 Å². The molecule has 1 aliphatic rings. The number of hydrogen-bond donors (Lipinski definition) is 1. The molecule has 2 rings (SSSR count). The van der Waals surface area contributed by atoms with Crippen LogP contribution in [-0.2, 0) is 20.4 Å². The summed E-state index contributed by atoms with van der Waals surface area (Å²) in [5, 5.41) is 2.35. The van der Waals surface area contributed by atoms with Crippen molar-refractivity contribution >= 4 is 11.6 Å². The van der Waals surface area contributed by atoms with Gasteiger partial charge in [0.15, 0.2) is 0 Å². The minimum Gasteiger partial charge on any atom is -0.376 e. The number of aromatic nitrogens is 2. The molecule has 1 aliphatic heterocycles. The molecule has 1 saturated heterocycles. The fraction of sp³-hybridized carbons (Fsp3) is 0.583. The monoisotopic (exact) mass is 305 g/mol. The van der Waals surface area contributed by atoms with Crippen LogP contribution < -0.4 is 5.32 Å². The Hall–Kier alpha value is -1.74. The Morgan fingerprint density at radius 2 is 2.14 bits per heavy atom. The van der Waals surface area contributed by atoms with Gasteiger partial charge in [-0.15, -0.1) is 0 Å². The Morgan fingerprint density at radius 1 is 1.43 bits per heavy atom. The van der Waals surface area contributed by atoms with Crippen molar-refractivity contribution in [2.24, 2.45) is 0 Å². The van der Waals surface area contributed by atoms with E-state index in [9.17, 15) is 18.0 Å². The van der Waals surface area contributed by atoms with Crippen molar-refractivity contribution in [1.29, 1.82) is 0 Å². The van der Waals surface area contributed by atoms with Crippen LogP contribution in [0.25, 0.3) is 0 Å². The predicted molar refractivity (Wildman–Crippen MR) is 65.5 cm³/mol. The molecule has 1 fully saturated rings. The van der Waals surface area contributed by atoms with Gasteiger partial charge in [-0.3, -0.25) is 4.79 Å². The molecule has 6 nitrogen and oxygen atoms in total. The normalized spacial score (nSPS) is 18.7. The van der Waals surface area contributed by atoms with Gasteiger partial charge in [0.05, 0.1) is 30.8 Å². The van der Waals surface area contributed by atoms with Crippen LogP contribution in [0.3, 0.4) is 0 Å². The fourth-order valence-electron chi connectivity index (χ4n) is 1.79. The minimum absolute atomic E-state index is 0.00667. The van der Waals surface area contributed by atoms with Crippen LogP contribution in [-0.4, -0.2) is 41.8 Å². The maximum Gasteiger partial charge on any atom is 0.451 e. The largest absolute Gasteiger partial charge is 0.451 e. The van der Waals surface area contributed by atoms with Crippen molar-refractivity contribution in [3.63, 3.8) is 0 Å². The molecular weight excluding hydrogens is 291 g/mol. The molecule has 21 heavy (non-hydrogen) atoms. The van der Waals surface area contributed by atoms with Gasteiger partial charge in [-0.2, -0.15) is 13.2 Å². The molecular formula is C12H14F3N3O3. The average Bonchev–Trinajstić information content (AvgIpc) is 2.91. The van der Waals surface area contributed by atoms with Gasteiger partial charge in [0, 0.05) is 6.61 Å². The average molecular weight is 305 g/mol. The van der Waals surface area contributed by atoms with E-state index in [1.54, 1.807) is 0 Å². The molecule has 0 bridgehead atoms. The standard InChI is InChI=1S/C12H14F3N3O3/c13-12(14,15)11-16-4-8(5-17-11)18-10(19)7-20-6-9-2-1-3-21-9/h4-5,9H,1-3,6-7H2,(H,18,19)/t9-/m1/s1. The second kappa shape index (κ2) is 6.81. The SMILES string of the molecule is O=C(COC[C@H]1CCCO1)Nc1cnc(C(F)(F)F)nc1. The van der Waals surface area contributed by atoms with Gasteiger partial charge in [0.2, 0.25) is 11.7 Å². The minimum atomic E-state index is -4.60. The molecule has 0 saturated carbocycles. The number of rotatable bonds is 5. The number of ether oxygens (including phenoxy) is 2. The van der Waals surface area contributed by atoms with E-state index in [-0.39, 0.29) is 18.4 Å². The number of amides is 1. The molecule has 1 aromatic heterocycles. The molecule has 0 spiro atoms. The van der Waals surface area contributed by atoms with Crippen LogP contribution >= 0.6 is 0 Å². The molecule has 116 valence electrons. The lowest BCUT2D eigenvalue weighted by Crippen LogP contribution is -2.23. The van der Waals surface area contributed by atoms with Gasteiger partial charge in [-0.25, -0.2) is 9.97 Å². The number of halogens is 3. The molecule has 0 unspecified atom stereocenters. The Morgan fingerprint density at radius 3 is 2.71 bits per heavy atom. The van der Waals surface area contributed by atoms with Gasteiger partial charge in [-0.05, 0) is 12.8 Å². The first-order valence-corrected chi connectivity index (χ1v) is 6.33. The Balaban J connectivity index is 1.74. The van der Waals surface area contributed by atoms with Crippen molar-refractivity contribution in [2.45, 2.75) is 25.1 Å². The number of carbonyl (C=O) groups is 1. The van der Waals surface area contributed by atoms with E-state index in [0.29, 0.717) is 13.2 Å². The van der Waals surface area contributed by atoms with E-state index in [4.69, 9.17) is 9.47 Å². The second-order valence-corrected chi connectivity index (χ2v) is 4.49. The number of alkyl halides is 3. The highest BCUT2D eigenvalue weighted by atomic mass is 19.4. The third kappa shape index (κ3) is 4.94. The quantitative estimate of drug-likeness (QED) is 0.895. The van der Waals surface area contributed by atoms with E-state index in [0.717, 1.165) is 25.2 Å². The summed E-state index contributed by atoms with van der Waals surface area (Å²) in [6.45, 7) is 0.806. The van der Waals surface area contributed by atoms with Crippen LogP contribution in [0.1, 0.15) is 18.7 Å². The number of nitrogens with one attached hydrogen (secondary N) is 1. The van der Waals surface area contributed by atoms with Crippen LogP contribution in [0.4, 0.5) is 18.9 Å². The molecule has 0 aliphatic carbocycles. The molecule has 1 atom stereocenters. The van der Waals surface area contributed by atoms with Crippen LogP contribution in [0, 0.1) is 0 Å². The molecule has 0 aromatic carbocycles. The first-order chi connectivity index (χ1) is 9.95. The summed E-state index contributed by atoms with van der Waals surface area (Å²) in [4.78, 5) is 17.8. The van der Waals surface area contributed by atoms with Gasteiger partial charge in [0.25, 0.3) is 0 Å². The maximum absolute atomic E-state index is 12.3. The van der Waals surface area contributed by atoms with E-state index in [2.05, 4.69) is 15.3 Å². The zero-order valence-corrected chi connectivity index (χ0v) is 11.0. The lowest BCUT2D eigenvalue weighted by molar-refractivity contribution is -0.144. The van der Waals surface area contributed by atoms with Gasteiger partial charge in [-0.1, -0.05) is 0 Å². The third-order valence-corrected chi connectivity index (χ3v) is 2.75. The van der Waals surface area contributed by atoms with Crippen molar-refractivity contribution in [1.82, 2.24) is 9.97 Å². The fourth-order valence-corrected chi connectivity index (χ4v) is 1.79.